The number of carbonyl (C=O) groups excluding carboxylic acids is 1. The summed E-state index contributed by atoms with van der Waals surface area (Å²) >= 11 is 0. The fourth-order valence-electron chi connectivity index (χ4n) is 2.67. The van der Waals surface area contributed by atoms with Crippen molar-refractivity contribution in [2.75, 3.05) is 26.3 Å². The molecule has 0 aromatic heterocycles. The molecular weight excluding hydrogens is 220 g/mol. The van der Waals surface area contributed by atoms with E-state index in [0.29, 0.717) is 0 Å². The van der Waals surface area contributed by atoms with Crippen molar-refractivity contribution < 1.29 is 15.0 Å². The van der Waals surface area contributed by atoms with E-state index in [4.69, 9.17) is 15.9 Å². The lowest BCUT2D eigenvalue weighted by Crippen LogP contribution is -2.50. The Morgan fingerprint density at radius 3 is 2.35 bits per heavy atom. The van der Waals surface area contributed by atoms with Crippen LogP contribution in [0.2, 0.25) is 0 Å². The summed E-state index contributed by atoms with van der Waals surface area (Å²) in [7, 11) is 0. The van der Waals surface area contributed by atoms with E-state index < -0.39 is 0 Å². The first kappa shape index (κ1) is 14.4. The molecule has 4 N–H and O–H groups in total. The van der Waals surface area contributed by atoms with E-state index in [2.05, 4.69) is 6.92 Å². The van der Waals surface area contributed by atoms with Crippen molar-refractivity contribution in [1.82, 2.24) is 4.90 Å². The average Bonchev–Trinajstić information content (AvgIpc) is 2.28. The average molecular weight is 244 g/mol. The Hall–Kier alpha value is -0.650. The predicted octanol–water partition coefficient (Wildman–Crippen LogP) is -0.437. The van der Waals surface area contributed by atoms with Gasteiger partial charge >= 0.3 is 0 Å². The van der Waals surface area contributed by atoms with Crippen LogP contribution in [0.5, 0.6) is 0 Å². The highest BCUT2D eigenvalue weighted by Crippen LogP contribution is 2.30. The third-order valence-corrected chi connectivity index (χ3v) is 3.61. The van der Waals surface area contributed by atoms with Crippen molar-refractivity contribution in [1.29, 1.82) is 0 Å². The van der Waals surface area contributed by atoms with Crippen LogP contribution in [0.3, 0.4) is 0 Å². The molecule has 5 nitrogen and oxygen atoms in total. The summed E-state index contributed by atoms with van der Waals surface area (Å²) in [6.45, 7) is 2.44. The Kier molecular flexibility index (Phi) is 5.88. The lowest BCUT2D eigenvalue weighted by molar-refractivity contribution is -0.140. The third kappa shape index (κ3) is 3.66. The molecule has 0 bridgehead atoms. The Morgan fingerprint density at radius 1 is 1.29 bits per heavy atom. The summed E-state index contributed by atoms with van der Waals surface area (Å²) in [4.78, 5) is 13.8. The summed E-state index contributed by atoms with van der Waals surface area (Å²) in [5.41, 5.74) is 6.03. The second-order valence-corrected chi connectivity index (χ2v) is 4.87. The van der Waals surface area contributed by atoms with E-state index in [1.165, 1.54) is 4.90 Å². The number of hydrogen-bond donors (Lipinski definition) is 3. The molecule has 0 heterocycles. The maximum Gasteiger partial charge on any atom is 0.227 e. The maximum atomic E-state index is 12.3. The van der Waals surface area contributed by atoms with E-state index in [9.17, 15) is 4.79 Å². The molecule has 1 amide bonds. The van der Waals surface area contributed by atoms with Crippen molar-refractivity contribution in [2.24, 2.45) is 17.6 Å². The molecule has 0 aliphatic heterocycles. The Morgan fingerprint density at radius 2 is 1.88 bits per heavy atom. The van der Waals surface area contributed by atoms with E-state index in [0.717, 1.165) is 19.3 Å². The van der Waals surface area contributed by atoms with E-state index in [1.54, 1.807) is 0 Å². The van der Waals surface area contributed by atoms with E-state index >= 15 is 0 Å². The molecule has 1 saturated carbocycles. The minimum absolute atomic E-state index is 0.0206. The summed E-state index contributed by atoms with van der Waals surface area (Å²) in [5, 5.41) is 17.9. The van der Waals surface area contributed by atoms with Crippen LogP contribution in [0, 0.1) is 11.8 Å². The topological polar surface area (TPSA) is 86.8 Å². The monoisotopic (exact) mass is 244 g/mol. The van der Waals surface area contributed by atoms with Gasteiger partial charge in [0.25, 0.3) is 0 Å². The molecule has 3 atom stereocenters. The smallest absolute Gasteiger partial charge is 0.227 e. The van der Waals surface area contributed by atoms with Crippen LogP contribution in [0.25, 0.3) is 0 Å². The fourth-order valence-corrected chi connectivity index (χ4v) is 2.67. The third-order valence-electron chi connectivity index (χ3n) is 3.61. The number of carbonyl (C=O) groups is 1. The van der Waals surface area contributed by atoms with Gasteiger partial charge in [0.05, 0.1) is 19.1 Å². The zero-order valence-corrected chi connectivity index (χ0v) is 10.5. The quantitative estimate of drug-likeness (QED) is 0.612. The van der Waals surface area contributed by atoms with E-state index in [1.807, 2.05) is 0 Å². The first-order valence-electron chi connectivity index (χ1n) is 6.38. The van der Waals surface area contributed by atoms with Gasteiger partial charge in [-0.2, -0.15) is 0 Å². The first-order valence-corrected chi connectivity index (χ1v) is 6.38. The van der Waals surface area contributed by atoms with Gasteiger partial charge in [0.2, 0.25) is 5.91 Å². The Labute approximate surface area is 103 Å². The second kappa shape index (κ2) is 6.93. The molecule has 0 radical (unpaired) electrons. The van der Waals surface area contributed by atoms with Gasteiger partial charge in [-0.3, -0.25) is 4.79 Å². The Balaban J connectivity index is 2.69. The normalized spacial score (nSPS) is 29.1. The van der Waals surface area contributed by atoms with Crippen LogP contribution in [0.4, 0.5) is 0 Å². The van der Waals surface area contributed by atoms with Gasteiger partial charge in [-0.05, 0) is 18.8 Å². The van der Waals surface area contributed by atoms with Crippen LogP contribution < -0.4 is 5.73 Å². The van der Waals surface area contributed by atoms with Gasteiger partial charge in [-0.25, -0.2) is 0 Å². The molecule has 0 spiro atoms. The van der Waals surface area contributed by atoms with Gasteiger partial charge in [-0.15, -0.1) is 0 Å². The molecule has 1 aliphatic carbocycles. The van der Waals surface area contributed by atoms with Crippen molar-refractivity contribution in [3.8, 4) is 0 Å². The highest BCUT2D eigenvalue weighted by atomic mass is 16.3. The number of nitrogens with zero attached hydrogens (tertiary/aromatic N) is 1. The largest absolute Gasteiger partial charge is 0.395 e. The zero-order valence-electron chi connectivity index (χ0n) is 10.5. The summed E-state index contributed by atoms with van der Waals surface area (Å²) in [6.07, 6.45) is 2.98. The van der Waals surface area contributed by atoms with Gasteiger partial charge in [0.15, 0.2) is 0 Å². The molecule has 0 aromatic rings. The Bertz CT molecular complexity index is 232. The summed E-state index contributed by atoms with van der Waals surface area (Å²) < 4.78 is 0. The maximum absolute atomic E-state index is 12.3. The number of hydrogen-bond acceptors (Lipinski definition) is 4. The SMILES string of the molecule is CC1CCCC(N)C1C(=O)N(CCO)CCO. The number of amides is 1. The van der Waals surface area contributed by atoms with Gasteiger partial charge in [-0.1, -0.05) is 13.3 Å². The zero-order chi connectivity index (χ0) is 12.8. The molecule has 0 saturated heterocycles. The summed E-state index contributed by atoms with van der Waals surface area (Å²) in [6, 6.07) is -0.0915. The lowest BCUT2D eigenvalue weighted by atomic mass is 9.76. The minimum Gasteiger partial charge on any atom is -0.395 e. The van der Waals surface area contributed by atoms with Crippen LogP contribution in [-0.4, -0.2) is 53.4 Å². The molecular formula is C12H24N2O3. The number of aliphatic hydroxyl groups excluding tert-OH is 2. The minimum atomic E-state index is -0.165. The molecule has 100 valence electrons. The number of nitrogens with two attached hydrogens (primary N) is 1. The number of rotatable bonds is 5. The molecule has 1 aliphatic rings. The van der Waals surface area contributed by atoms with Crippen molar-refractivity contribution in [2.45, 2.75) is 32.2 Å². The van der Waals surface area contributed by atoms with Crippen LogP contribution in [0.1, 0.15) is 26.2 Å². The molecule has 0 aromatic carbocycles. The van der Waals surface area contributed by atoms with Crippen LogP contribution in [0.15, 0.2) is 0 Å². The van der Waals surface area contributed by atoms with Crippen LogP contribution in [-0.2, 0) is 4.79 Å². The first-order chi connectivity index (χ1) is 8.11. The number of aliphatic hydroxyl groups is 2. The highest BCUT2D eigenvalue weighted by Gasteiger charge is 2.36. The van der Waals surface area contributed by atoms with Crippen molar-refractivity contribution in [3.05, 3.63) is 0 Å². The van der Waals surface area contributed by atoms with Crippen molar-refractivity contribution in [3.63, 3.8) is 0 Å². The van der Waals surface area contributed by atoms with Gasteiger partial charge in [0.1, 0.15) is 0 Å². The lowest BCUT2D eigenvalue weighted by Gasteiger charge is -2.36. The van der Waals surface area contributed by atoms with E-state index in [-0.39, 0.29) is 50.1 Å². The van der Waals surface area contributed by atoms with Gasteiger partial charge in [0, 0.05) is 19.1 Å². The molecule has 17 heavy (non-hydrogen) atoms. The van der Waals surface area contributed by atoms with Crippen molar-refractivity contribution >= 4 is 5.91 Å². The molecule has 1 fully saturated rings. The second-order valence-electron chi connectivity index (χ2n) is 4.87. The predicted molar refractivity (Wildman–Crippen MR) is 65.2 cm³/mol. The fraction of sp³-hybridized carbons (Fsp3) is 0.917. The van der Waals surface area contributed by atoms with Crippen LogP contribution >= 0.6 is 0 Å². The van der Waals surface area contributed by atoms with Gasteiger partial charge < -0.3 is 20.8 Å². The summed E-state index contributed by atoms with van der Waals surface area (Å²) in [5.74, 6) is 0.0979. The highest BCUT2D eigenvalue weighted by molar-refractivity contribution is 5.80. The molecule has 5 heteroatoms. The molecule has 3 unspecified atom stereocenters. The standard InChI is InChI=1S/C12H24N2O3/c1-9-3-2-4-10(13)11(9)12(17)14(5-7-15)6-8-16/h9-11,15-16H,2-8,13H2,1H3. The molecule has 1 rings (SSSR count).